The number of amides is 1. The lowest BCUT2D eigenvalue weighted by molar-refractivity contribution is 0.0932. The zero-order chi connectivity index (χ0) is 18.8. The highest BCUT2D eigenvalue weighted by atomic mass is 16.2. The van der Waals surface area contributed by atoms with Crippen LogP contribution in [0.15, 0.2) is 18.6 Å². The third-order valence-electron chi connectivity index (χ3n) is 6.22. The van der Waals surface area contributed by atoms with Crippen LogP contribution in [0.1, 0.15) is 74.5 Å². The molecule has 0 atom stereocenters. The van der Waals surface area contributed by atoms with Crippen molar-refractivity contribution in [2.75, 3.05) is 19.6 Å². The second kappa shape index (κ2) is 7.97. The summed E-state index contributed by atoms with van der Waals surface area (Å²) in [6.07, 6.45) is 10.6. The van der Waals surface area contributed by atoms with Crippen molar-refractivity contribution < 1.29 is 4.79 Å². The van der Waals surface area contributed by atoms with Crippen LogP contribution in [-0.2, 0) is 0 Å². The van der Waals surface area contributed by atoms with Gasteiger partial charge in [0.1, 0.15) is 6.33 Å². The van der Waals surface area contributed by atoms with Crippen LogP contribution in [0.4, 0.5) is 0 Å². The third kappa shape index (κ3) is 4.00. The summed E-state index contributed by atoms with van der Waals surface area (Å²) in [6.45, 7) is 7.80. The predicted octanol–water partition coefficient (Wildman–Crippen LogP) is 3.24. The SMILES string of the molecule is CCC(CC)NC(=O)c1ncn2c(C3CCN(CC4CC4)CC3)ccnc12. The fourth-order valence-electron chi connectivity index (χ4n) is 4.24. The Bertz CT molecular complexity index is 785. The van der Waals surface area contributed by atoms with E-state index in [0.29, 0.717) is 17.3 Å². The van der Waals surface area contributed by atoms with Crippen LogP contribution < -0.4 is 5.32 Å². The summed E-state index contributed by atoms with van der Waals surface area (Å²) >= 11 is 0. The first-order valence-corrected chi connectivity index (χ1v) is 10.5. The monoisotopic (exact) mass is 369 g/mol. The number of aromatic nitrogens is 3. The van der Waals surface area contributed by atoms with Gasteiger partial charge >= 0.3 is 0 Å². The molecule has 1 saturated heterocycles. The summed E-state index contributed by atoms with van der Waals surface area (Å²) < 4.78 is 2.03. The van der Waals surface area contributed by atoms with Gasteiger partial charge in [0.15, 0.2) is 11.3 Å². The lowest BCUT2D eigenvalue weighted by Gasteiger charge is -2.32. The normalized spacial score (nSPS) is 19.1. The van der Waals surface area contributed by atoms with Crippen molar-refractivity contribution in [3.63, 3.8) is 0 Å². The number of imidazole rings is 1. The maximum Gasteiger partial charge on any atom is 0.274 e. The van der Waals surface area contributed by atoms with E-state index in [-0.39, 0.29) is 11.9 Å². The molecule has 1 saturated carbocycles. The fourth-order valence-corrected chi connectivity index (χ4v) is 4.24. The standard InChI is InChI=1S/C21H31N5O/c1-3-17(4-2)24-21(27)19-20-22-10-7-18(26(20)14-23-19)16-8-11-25(12-9-16)13-15-5-6-15/h7,10,14-17H,3-6,8-9,11-13H2,1-2H3,(H,24,27). The van der Waals surface area contributed by atoms with Crippen molar-refractivity contribution in [2.24, 2.45) is 5.92 Å². The van der Waals surface area contributed by atoms with E-state index < -0.39 is 0 Å². The van der Waals surface area contributed by atoms with E-state index >= 15 is 0 Å². The van der Waals surface area contributed by atoms with Gasteiger partial charge in [-0.2, -0.15) is 0 Å². The number of rotatable bonds is 7. The van der Waals surface area contributed by atoms with Gasteiger partial charge in [-0.1, -0.05) is 13.8 Å². The van der Waals surface area contributed by atoms with Crippen molar-refractivity contribution in [1.82, 2.24) is 24.6 Å². The van der Waals surface area contributed by atoms with Crippen LogP contribution in [0.2, 0.25) is 0 Å². The van der Waals surface area contributed by atoms with Crippen molar-refractivity contribution in [3.8, 4) is 0 Å². The number of hydrogen-bond donors (Lipinski definition) is 1. The van der Waals surface area contributed by atoms with Gasteiger partial charge in [-0.3, -0.25) is 9.20 Å². The molecule has 27 heavy (non-hydrogen) atoms. The molecule has 1 aliphatic heterocycles. The van der Waals surface area contributed by atoms with Gasteiger partial charge in [-0.05, 0) is 63.6 Å². The van der Waals surface area contributed by atoms with Crippen molar-refractivity contribution in [1.29, 1.82) is 0 Å². The van der Waals surface area contributed by atoms with E-state index in [2.05, 4.69) is 40.1 Å². The van der Waals surface area contributed by atoms with Gasteiger partial charge in [0.05, 0.1) is 0 Å². The topological polar surface area (TPSA) is 62.5 Å². The zero-order valence-electron chi connectivity index (χ0n) is 16.5. The number of carbonyl (C=O) groups is 1. The summed E-state index contributed by atoms with van der Waals surface area (Å²) in [5, 5.41) is 3.08. The van der Waals surface area contributed by atoms with E-state index in [9.17, 15) is 4.79 Å². The summed E-state index contributed by atoms with van der Waals surface area (Å²) in [4.78, 5) is 24.2. The third-order valence-corrected chi connectivity index (χ3v) is 6.22. The Balaban J connectivity index is 1.50. The van der Waals surface area contributed by atoms with Gasteiger partial charge in [0, 0.05) is 30.4 Å². The van der Waals surface area contributed by atoms with Crippen LogP contribution in [0.25, 0.3) is 5.65 Å². The Morgan fingerprint density at radius 2 is 1.93 bits per heavy atom. The van der Waals surface area contributed by atoms with Crippen LogP contribution >= 0.6 is 0 Å². The molecule has 2 fully saturated rings. The second-order valence-electron chi connectivity index (χ2n) is 8.16. The molecule has 2 aliphatic rings. The fraction of sp³-hybridized carbons (Fsp3) is 0.667. The van der Waals surface area contributed by atoms with Crippen LogP contribution in [-0.4, -0.2) is 50.9 Å². The number of carbonyl (C=O) groups excluding carboxylic acids is 1. The molecule has 146 valence electrons. The van der Waals surface area contributed by atoms with Gasteiger partial charge in [0.2, 0.25) is 0 Å². The molecule has 0 spiro atoms. The van der Waals surface area contributed by atoms with Crippen LogP contribution in [0.3, 0.4) is 0 Å². The first kappa shape index (κ1) is 18.4. The first-order chi connectivity index (χ1) is 13.2. The Hall–Kier alpha value is -1.95. The number of fused-ring (bicyclic) bond motifs is 1. The Morgan fingerprint density at radius 1 is 1.19 bits per heavy atom. The molecule has 6 nitrogen and oxygen atoms in total. The van der Waals surface area contributed by atoms with Gasteiger partial charge in [0.25, 0.3) is 5.91 Å². The van der Waals surface area contributed by atoms with E-state index in [1.165, 1.54) is 51.0 Å². The molecular weight excluding hydrogens is 338 g/mol. The highest BCUT2D eigenvalue weighted by Crippen LogP contribution is 2.33. The van der Waals surface area contributed by atoms with Crippen molar-refractivity contribution >= 4 is 11.6 Å². The summed E-state index contributed by atoms with van der Waals surface area (Å²) in [7, 11) is 0. The number of hydrogen-bond acceptors (Lipinski definition) is 4. The average Bonchev–Trinajstić information content (AvgIpc) is 3.40. The molecule has 1 aliphatic carbocycles. The highest BCUT2D eigenvalue weighted by molar-refractivity contribution is 5.98. The Kier molecular flexibility index (Phi) is 5.43. The largest absolute Gasteiger partial charge is 0.348 e. The van der Waals surface area contributed by atoms with Gasteiger partial charge < -0.3 is 10.2 Å². The Labute approximate surface area is 161 Å². The van der Waals surface area contributed by atoms with Crippen molar-refractivity contribution in [3.05, 3.63) is 30.0 Å². The summed E-state index contributed by atoms with van der Waals surface area (Å²) in [5.41, 5.74) is 2.35. The van der Waals surface area contributed by atoms with E-state index in [1.807, 2.05) is 10.6 Å². The number of likely N-dealkylation sites (tertiary alicyclic amines) is 1. The van der Waals surface area contributed by atoms with E-state index in [1.54, 1.807) is 6.33 Å². The molecule has 2 aromatic heterocycles. The van der Waals surface area contributed by atoms with E-state index in [4.69, 9.17) is 0 Å². The Morgan fingerprint density at radius 3 is 2.59 bits per heavy atom. The molecule has 4 rings (SSSR count). The molecule has 0 bridgehead atoms. The van der Waals surface area contributed by atoms with Crippen LogP contribution in [0.5, 0.6) is 0 Å². The van der Waals surface area contributed by atoms with Gasteiger partial charge in [-0.25, -0.2) is 9.97 Å². The quantitative estimate of drug-likeness (QED) is 0.814. The molecule has 3 heterocycles. The molecule has 1 N–H and O–H groups in total. The number of piperidine rings is 1. The molecular formula is C21H31N5O. The van der Waals surface area contributed by atoms with Gasteiger partial charge in [-0.15, -0.1) is 0 Å². The molecule has 0 aromatic carbocycles. The van der Waals surface area contributed by atoms with E-state index in [0.717, 1.165) is 18.8 Å². The highest BCUT2D eigenvalue weighted by Gasteiger charge is 2.28. The molecule has 0 radical (unpaired) electrons. The number of nitrogens with zero attached hydrogens (tertiary/aromatic N) is 4. The lowest BCUT2D eigenvalue weighted by Crippen LogP contribution is -2.35. The molecule has 1 amide bonds. The molecule has 0 unspecified atom stereocenters. The lowest BCUT2D eigenvalue weighted by atomic mass is 9.93. The number of nitrogens with one attached hydrogen (secondary N) is 1. The zero-order valence-corrected chi connectivity index (χ0v) is 16.5. The molecule has 2 aromatic rings. The average molecular weight is 370 g/mol. The summed E-state index contributed by atoms with van der Waals surface area (Å²) in [5.74, 6) is 1.35. The summed E-state index contributed by atoms with van der Waals surface area (Å²) in [6, 6.07) is 2.28. The van der Waals surface area contributed by atoms with Crippen molar-refractivity contribution in [2.45, 2.75) is 64.3 Å². The first-order valence-electron chi connectivity index (χ1n) is 10.5. The molecule has 6 heteroatoms. The second-order valence-corrected chi connectivity index (χ2v) is 8.16. The minimum absolute atomic E-state index is 0.116. The minimum Gasteiger partial charge on any atom is -0.348 e. The minimum atomic E-state index is -0.116. The maximum absolute atomic E-state index is 12.7. The predicted molar refractivity (Wildman–Crippen MR) is 106 cm³/mol. The maximum atomic E-state index is 12.7. The smallest absolute Gasteiger partial charge is 0.274 e. The van der Waals surface area contributed by atoms with Crippen LogP contribution in [0, 0.1) is 5.92 Å².